The van der Waals surface area contributed by atoms with Gasteiger partial charge < -0.3 is 10.1 Å². The van der Waals surface area contributed by atoms with Crippen molar-refractivity contribution in [2.75, 3.05) is 13.7 Å². The van der Waals surface area contributed by atoms with Crippen molar-refractivity contribution >= 4 is 5.97 Å². The molecule has 2 fully saturated rings. The molecule has 0 aromatic carbocycles. The van der Waals surface area contributed by atoms with Gasteiger partial charge in [-0.2, -0.15) is 0 Å². The summed E-state index contributed by atoms with van der Waals surface area (Å²) in [6.07, 6.45) is 8.05. The second-order valence-electron chi connectivity index (χ2n) is 6.83. The largest absolute Gasteiger partial charge is 0.468 e. The summed E-state index contributed by atoms with van der Waals surface area (Å²) in [6.45, 7) is 5.59. The van der Waals surface area contributed by atoms with Gasteiger partial charge in [-0.05, 0) is 56.4 Å². The molecule has 2 aliphatic carbocycles. The molecule has 0 saturated heterocycles. The monoisotopic (exact) mass is 267 g/mol. The highest BCUT2D eigenvalue weighted by Crippen LogP contribution is 2.36. The molecule has 19 heavy (non-hydrogen) atoms. The van der Waals surface area contributed by atoms with E-state index in [0.29, 0.717) is 0 Å². The van der Waals surface area contributed by atoms with Gasteiger partial charge in [0.2, 0.25) is 0 Å². The fourth-order valence-corrected chi connectivity index (χ4v) is 3.34. The fraction of sp³-hybridized carbons (Fsp3) is 0.938. The second-order valence-corrected chi connectivity index (χ2v) is 6.83. The number of carbonyl (C=O) groups is 1. The van der Waals surface area contributed by atoms with E-state index in [1.165, 1.54) is 26.4 Å². The zero-order chi connectivity index (χ0) is 13.9. The number of nitrogens with one attached hydrogen (secondary N) is 1. The molecular formula is C16H29NO2. The Morgan fingerprint density at radius 2 is 2.00 bits per heavy atom. The molecule has 1 N–H and O–H groups in total. The predicted molar refractivity (Wildman–Crippen MR) is 76.9 cm³/mol. The van der Waals surface area contributed by atoms with Crippen molar-refractivity contribution < 1.29 is 9.53 Å². The van der Waals surface area contributed by atoms with Gasteiger partial charge in [0.25, 0.3) is 0 Å². The molecule has 2 atom stereocenters. The lowest BCUT2D eigenvalue weighted by atomic mass is 9.86. The first-order chi connectivity index (χ1) is 9.07. The van der Waals surface area contributed by atoms with E-state index in [-0.39, 0.29) is 5.97 Å². The molecule has 0 spiro atoms. The second kappa shape index (κ2) is 6.25. The minimum Gasteiger partial charge on any atom is -0.468 e. The molecule has 0 aliphatic heterocycles. The van der Waals surface area contributed by atoms with E-state index in [4.69, 9.17) is 4.74 Å². The van der Waals surface area contributed by atoms with Gasteiger partial charge in [-0.1, -0.05) is 26.7 Å². The van der Waals surface area contributed by atoms with Crippen LogP contribution in [0.5, 0.6) is 0 Å². The van der Waals surface area contributed by atoms with Crippen LogP contribution in [0.15, 0.2) is 0 Å². The summed E-state index contributed by atoms with van der Waals surface area (Å²) in [6, 6.07) is 0. The van der Waals surface area contributed by atoms with Gasteiger partial charge in [0.05, 0.1) is 7.11 Å². The van der Waals surface area contributed by atoms with Crippen LogP contribution in [-0.4, -0.2) is 25.2 Å². The number of rotatable bonds is 5. The zero-order valence-electron chi connectivity index (χ0n) is 12.7. The van der Waals surface area contributed by atoms with Crippen LogP contribution in [0.25, 0.3) is 0 Å². The highest BCUT2D eigenvalue weighted by molar-refractivity contribution is 5.80. The fourth-order valence-electron chi connectivity index (χ4n) is 3.34. The number of ether oxygens (including phenoxy) is 1. The van der Waals surface area contributed by atoms with Crippen LogP contribution in [0.3, 0.4) is 0 Å². The van der Waals surface area contributed by atoms with Crippen LogP contribution in [0.1, 0.15) is 58.8 Å². The van der Waals surface area contributed by atoms with E-state index in [9.17, 15) is 4.79 Å². The Balaban J connectivity index is 2.01. The van der Waals surface area contributed by atoms with Crippen LogP contribution in [0.4, 0.5) is 0 Å². The number of hydrogen-bond acceptors (Lipinski definition) is 3. The Morgan fingerprint density at radius 3 is 2.58 bits per heavy atom. The van der Waals surface area contributed by atoms with E-state index in [0.717, 1.165) is 50.0 Å². The Labute approximate surface area is 117 Å². The summed E-state index contributed by atoms with van der Waals surface area (Å²) in [4.78, 5) is 12.3. The van der Waals surface area contributed by atoms with E-state index in [1.54, 1.807) is 0 Å². The Bertz CT molecular complexity index is 312. The van der Waals surface area contributed by atoms with Crippen LogP contribution >= 0.6 is 0 Å². The summed E-state index contributed by atoms with van der Waals surface area (Å²) in [5.41, 5.74) is -0.402. The number of esters is 1. The molecule has 3 heteroatoms. The minimum atomic E-state index is -0.402. The van der Waals surface area contributed by atoms with Crippen LogP contribution in [0, 0.1) is 17.8 Å². The first-order valence-corrected chi connectivity index (χ1v) is 7.91. The lowest BCUT2D eigenvalue weighted by Gasteiger charge is -2.31. The molecule has 3 nitrogen and oxygen atoms in total. The third kappa shape index (κ3) is 3.71. The van der Waals surface area contributed by atoms with E-state index < -0.39 is 5.54 Å². The van der Waals surface area contributed by atoms with Crippen LogP contribution in [-0.2, 0) is 9.53 Å². The molecular weight excluding hydrogens is 238 g/mol. The molecule has 2 aliphatic rings. The van der Waals surface area contributed by atoms with Gasteiger partial charge in [-0.3, -0.25) is 4.79 Å². The quantitative estimate of drug-likeness (QED) is 0.614. The lowest BCUT2D eigenvalue weighted by Crippen LogP contribution is -2.53. The van der Waals surface area contributed by atoms with Crippen LogP contribution < -0.4 is 5.32 Å². The van der Waals surface area contributed by atoms with Crippen molar-refractivity contribution in [2.24, 2.45) is 17.8 Å². The summed E-state index contributed by atoms with van der Waals surface area (Å²) in [5.74, 6) is 2.23. The van der Waals surface area contributed by atoms with Gasteiger partial charge >= 0.3 is 5.97 Å². The summed E-state index contributed by atoms with van der Waals surface area (Å²) < 4.78 is 5.10. The molecule has 2 rings (SSSR count). The normalized spacial score (nSPS) is 32.1. The van der Waals surface area contributed by atoms with Gasteiger partial charge in [0.15, 0.2) is 0 Å². The van der Waals surface area contributed by atoms with Crippen molar-refractivity contribution in [2.45, 2.75) is 64.3 Å². The van der Waals surface area contributed by atoms with E-state index >= 15 is 0 Å². The molecule has 0 aromatic heterocycles. The third-order valence-corrected chi connectivity index (χ3v) is 5.07. The van der Waals surface area contributed by atoms with Crippen molar-refractivity contribution in [3.63, 3.8) is 0 Å². The maximum Gasteiger partial charge on any atom is 0.326 e. The van der Waals surface area contributed by atoms with Gasteiger partial charge in [-0.15, -0.1) is 0 Å². The SMILES string of the molecule is COC(=O)C1(NCC2CC2)CCCC(C(C)C)CC1. The first kappa shape index (κ1) is 14.8. The van der Waals surface area contributed by atoms with Gasteiger partial charge in [-0.25, -0.2) is 0 Å². The Kier molecular flexibility index (Phi) is 4.88. The van der Waals surface area contributed by atoms with E-state index in [1.807, 2.05) is 0 Å². The van der Waals surface area contributed by atoms with Gasteiger partial charge in [0, 0.05) is 0 Å². The number of carbonyl (C=O) groups excluding carboxylic acids is 1. The average Bonchev–Trinajstić information content (AvgIpc) is 3.22. The van der Waals surface area contributed by atoms with E-state index in [2.05, 4.69) is 19.2 Å². The summed E-state index contributed by atoms with van der Waals surface area (Å²) >= 11 is 0. The first-order valence-electron chi connectivity index (χ1n) is 7.91. The molecule has 0 radical (unpaired) electrons. The minimum absolute atomic E-state index is 0.0439. The number of methoxy groups -OCH3 is 1. The van der Waals surface area contributed by atoms with Crippen molar-refractivity contribution in [1.29, 1.82) is 0 Å². The molecule has 2 unspecified atom stereocenters. The highest BCUT2D eigenvalue weighted by atomic mass is 16.5. The summed E-state index contributed by atoms with van der Waals surface area (Å²) in [5, 5.41) is 3.57. The van der Waals surface area contributed by atoms with Crippen molar-refractivity contribution in [3.05, 3.63) is 0 Å². The van der Waals surface area contributed by atoms with Crippen molar-refractivity contribution in [3.8, 4) is 0 Å². The standard InChI is InChI=1S/C16H29NO2/c1-12(2)14-5-4-9-16(10-8-14,15(18)19-3)17-11-13-6-7-13/h12-14,17H,4-11H2,1-3H3. The highest BCUT2D eigenvalue weighted by Gasteiger charge is 2.42. The molecule has 0 amide bonds. The third-order valence-electron chi connectivity index (χ3n) is 5.07. The molecule has 110 valence electrons. The number of hydrogen-bond donors (Lipinski definition) is 1. The molecule has 0 heterocycles. The van der Waals surface area contributed by atoms with Crippen molar-refractivity contribution in [1.82, 2.24) is 5.32 Å². The zero-order valence-corrected chi connectivity index (χ0v) is 12.7. The van der Waals surface area contributed by atoms with Crippen LogP contribution in [0.2, 0.25) is 0 Å². The summed E-state index contributed by atoms with van der Waals surface area (Å²) in [7, 11) is 1.52. The molecule has 0 aromatic rings. The predicted octanol–water partition coefficient (Wildman–Crippen LogP) is 3.13. The average molecular weight is 267 g/mol. The topological polar surface area (TPSA) is 38.3 Å². The molecule has 0 bridgehead atoms. The maximum absolute atomic E-state index is 12.3. The lowest BCUT2D eigenvalue weighted by molar-refractivity contribution is -0.149. The smallest absolute Gasteiger partial charge is 0.326 e. The Morgan fingerprint density at radius 1 is 1.26 bits per heavy atom. The van der Waals surface area contributed by atoms with Gasteiger partial charge in [0.1, 0.15) is 5.54 Å². The molecule has 2 saturated carbocycles. The Hall–Kier alpha value is -0.570. The maximum atomic E-state index is 12.3.